The third-order valence-electron chi connectivity index (χ3n) is 3.09. The molecular weight excluding hydrogens is 188 g/mol. The molecule has 1 aliphatic carbocycles. The Labute approximate surface area is 92.5 Å². The summed E-state index contributed by atoms with van der Waals surface area (Å²) in [6.45, 7) is 7.50. The Kier molecular flexibility index (Phi) is 3.55. The molecular formula is C12H22N2O. The Morgan fingerprint density at radius 1 is 1.53 bits per heavy atom. The summed E-state index contributed by atoms with van der Waals surface area (Å²) in [5.41, 5.74) is 2.28. The highest BCUT2D eigenvalue weighted by atomic mass is 16.4. The molecule has 0 spiro atoms. The Bertz CT molecular complexity index is 290. The fourth-order valence-corrected chi connectivity index (χ4v) is 2.45. The second-order valence-corrected chi connectivity index (χ2v) is 5.50. The van der Waals surface area contributed by atoms with Crippen molar-refractivity contribution in [2.45, 2.75) is 27.2 Å². The van der Waals surface area contributed by atoms with E-state index >= 15 is 0 Å². The maximum atomic E-state index is 9.05. The minimum absolute atomic E-state index is 0.171. The highest BCUT2D eigenvalue weighted by molar-refractivity contribution is 5.98. The molecule has 3 nitrogen and oxygen atoms in total. The zero-order chi connectivity index (χ0) is 11.6. The molecule has 15 heavy (non-hydrogen) atoms. The van der Waals surface area contributed by atoms with Gasteiger partial charge in [0, 0.05) is 12.5 Å². The smallest absolute Gasteiger partial charge is 0.0844 e. The Balaban J connectivity index is 2.98. The molecule has 0 fully saturated rings. The zero-order valence-corrected chi connectivity index (χ0v) is 10.4. The van der Waals surface area contributed by atoms with Crippen molar-refractivity contribution in [2.24, 2.45) is 16.5 Å². The van der Waals surface area contributed by atoms with Crippen LogP contribution < -0.4 is 0 Å². The van der Waals surface area contributed by atoms with E-state index in [9.17, 15) is 0 Å². The molecule has 0 heterocycles. The van der Waals surface area contributed by atoms with Crippen LogP contribution >= 0.6 is 0 Å². The number of rotatable bonds is 2. The van der Waals surface area contributed by atoms with Gasteiger partial charge in [-0.3, -0.25) is 0 Å². The van der Waals surface area contributed by atoms with Crippen molar-refractivity contribution in [1.29, 1.82) is 0 Å². The van der Waals surface area contributed by atoms with Crippen molar-refractivity contribution in [1.82, 2.24) is 4.90 Å². The van der Waals surface area contributed by atoms with Gasteiger partial charge in [0.25, 0.3) is 0 Å². The van der Waals surface area contributed by atoms with E-state index in [0.29, 0.717) is 5.92 Å². The van der Waals surface area contributed by atoms with E-state index in [4.69, 9.17) is 5.21 Å². The summed E-state index contributed by atoms with van der Waals surface area (Å²) in [6, 6.07) is 0. The van der Waals surface area contributed by atoms with Gasteiger partial charge in [-0.05, 0) is 38.9 Å². The van der Waals surface area contributed by atoms with Gasteiger partial charge < -0.3 is 10.1 Å². The molecule has 1 rings (SSSR count). The van der Waals surface area contributed by atoms with E-state index in [1.165, 1.54) is 5.57 Å². The molecule has 0 aromatic carbocycles. The van der Waals surface area contributed by atoms with Crippen molar-refractivity contribution >= 4 is 5.71 Å². The summed E-state index contributed by atoms with van der Waals surface area (Å²) in [4.78, 5) is 2.14. The number of hydrogen-bond donors (Lipinski definition) is 1. The van der Waals surface area contributed by atoms with Crippen LogP contribution in [0.25, 0.3) is 0 Å². The molecule has 0 aliphatic heterocycles. The molecule has 3 heteroatoms. The summed E-state index contributed by atoms with van der Waals surface area (Å²) in [5.74, 6) is 0.307. The highest BCUT2D eigenvalue weighted by Gasteiger charge is 2.36. The van der Waals surface area contributed by atoms with Gasteiger partial charge in [-0.25, -0.2) is 0 Å². The maximum Gasteiger partial charge on any atom is 0.0844 e. The zero-order valence-electron chi connectivity index (χ0n) is 10.4. The fourth-order valence-electron chi connectivity index (χ4n) is 2.45. The van der Waals surface area contributed by atoms with E-state index in [0.717, 1.165) is 18.7 Å². The molecule has 1 N–H and O–H groups in total. The van der Waals surface area contributed by atoms with E-state index in [-0.39, 0.29) is 5.41 Å². The standard InChI is InChI=1S/C12H22N2O/c1-9-6-11(13-15)10(8-14(4)5)12(2,3)7-9/h6,10,15H,7-8H2,1-5H3/b13-11-. The van der Waals surface area contributed by atoms with Gasteiger partial charge in [0.05, 0.1) is 5.71 Å². The van der Waals surface area contributed by atoms with Gasteiger partial charge in [0.15, 0.2) is 0 Å². The predicted octanol–water partition coefficient (Wildman–Crippen LogP) is 2.37. The number of oxime groups is 1. The van der Waals surface area contributed by atoms with Crippen LogP contribution in [0.5, 0.6) is 0 Å². The van der Waals surface area contributed by atoms with Crippen molar-refractivity contribution in [3.63, 3.8) is 0 Å². The second-order valence-electron chi connectivity index (χ2n) is 5.50. The lowest BCUT2D eigenvalue weighted by Gasteiger charge is -2.39. The first-order valence-electron chi connectivity index (χ1n) is 5.40. The van der Waals surface area contributed by atoms with Crippen LogP contribution in [0.4, 0.5) is 0 Å². The van der Waals surface area contributed by atoms with Crippen LogP contribution in [0.2, 0.25) is 0 Å². The average Bonchev–Trinajstić information content (AvgIpc) is 2.07. The summed E-state index contributed by atoms with van der Waals surface area (Å²) >= 11 is 0. The first kappa shape index (κ1) is 12.2. The predicted molar refractivity (Wildman–Crippen MR) is 63.4 cm³/mol. The molecule has 0 bridgehead atoms. The van der Waals surface area contributed by atoms with Crippen LogP contribution in [0.3, 0.4) is 0 Å². The third-order valence-corrected chi connectivity index (χ3v) is 3.09. The van der Waals surface area contributed by atoms with E-state index in [2.05, 4.69) is 44.9 Å². The lowest BCUT2D eigenvalue weighted by atomic mass is 9.68. The van der Waals surface area contributed by atoms with Gasteiger partial charge in [-0.2, -0.15) is 0 Å². The van der Waals surface area contributed by atoms with Crippen LogP contribution in [-0.4, -0.2) is 36.5 Å². The van der Waals surface area contributed by atoms with Crippen LogP contribution in [-0.2, 0) is 0 Å². The van der Waals surface area contributed by atoms with Gasteiger partial charge in [0.1, 0.15) is 0 Å². The van der Waals surface area contributed by atoms with Gasteiger partial charge in [-0.1, -0.05) is 24.6 Å². The second kappa shape index (κ2) is 4.35. The Morgan fingerprint density at radius 2 is 2.13 bits per heavy atom. The van der Waals surface area contributed by atoms with Crippen molar-refractivity contribution in [2.75, 3.05) is 20.6 Å². The molecule has 1 unspecified atom stereocenters. The quantitative estimate of drug-likeness (QED) is 0.561. The summed E-state index contributed by atoms with van der Waals surface area (Å²) < 4.78 is 0. The highest BCUT2D eigenvalue weighted by Crippen LogP contribution is 2.39. The van der Waals surface area contributed by atoms with Crippen molar-refractivity contribution < 1.29 is 5.21 Å². The molecule has 0 aromatic rings. The SMILES string of the molecule is CC1=C/C(=N/O)C(CN(C)C)C(C)(C)C1. The van der Waals surface area contributed by atoms with Crippen LogP contribution in [0.1, 0.15) is 27.2 Å². The summed E-state index contributed by atoms with van der Waals surface area (Å²) in [5, 5.41) is 12.5. The average molecular weight is 210 g/mol. The fraction of sp³-hybridized carbons (Fsp3) is 0.750. The maximum absolute atomic E-state index is 9.05. The van der Waals surface area contributed by atoms with Crippen LogP contribution in [0, 0.1) is 11.3 Å². The Morgan fingerprint density at radius 3 is 2.60 bits per heavy atom. The van der Waals surface area contributed by atoms with Gasteiger partial charge in [0.2, 0.25) is 0 Å². The molecule has 0 radical (unpaired) electrons. The molecule has 0 saturated carbocycles. The Hall–Kier alpha value is -0.830. The molecule has 0 amide bonds. The molecule has 1 atom stereocenters. The van der Waals surface area contributed by atoms with E-state index < -0.39 is 0 Å². The van der Waals surface area contributed by atoms with Crippen LogP contribution in [0.15, 0.2) is 16.8 Å². The first-order valence-corrected chi connectivity index (χ1v) is 5.40. The van der Waals surface area contributed by atoms with Gasteiger partial charge in [-0.15, -0.1) is 0 Å². The van der Waals surface area contributed by atoms with Crippen molar-refractivity contribution in [3.05, 3.63) is 11.6 Å². The van der Waals surface area contributed by atoms with E-state index in [1.807, 2.05) is 6.08 Å². The van der Waals surface area contributed by atoms with Crippen molar-refractivity contribution in [3.8, 4) is 0 Å². The lowest BCUT2D eigenvalue weighted by Crippen LogP contribution is -2.40. The number of nitrogens with zero attached hydrogens (tertiary/aromatic N) is 2. The number of hydrogen-bond acceptors (Lipinski definition) is 3. The topological polar surface area (TPSA) is 35.8 Å². The summed E-state index contributed by atoms with van der Waals surface area (Å²) in [6.07, 6.45) is 3.09. The first-order chi connectivity index (χ1) is 6.86. The lowest BCUT2D eigenvalue weighted by molar-refractivity contribution is 0.207. The monoisotopic (exact) mass is 210 g/mol. The number of allylic oxidation sites excluding steroid dienone is 2. The third kappa shape index (κ3) is 2.81. The molecule has 86 valence electrons. The largest absolute Gasteiger partial charge is 0.411 e. The molecule has 0 saturated heterocycles. The van der Waals surface area contributed by atoms with E-state index in [1.54, 1.807) is 0 Å². The van der Waals surface area contributed by atoms with Gasteiger partial charge >= 0.3 is 0 Å². The minimum Gasteiger partial charge on any atom is -0.411 e. The minimum atomic E-state index is 0.171. The summed E-state index contributed by atoms with van der Waals surface area (Å²) in [7, 11) is 4.10. The normalized spacial score (nSPS) is 28.3. The molecule has 1 aliphatic rings. The molecule has 0 aromatic heterocycles.